The van der Waals surface area contributed by atoms with Gasteiger partial charge in [-0.3, -0.25) is 0 Å². The molecule has 0 aromatic carbocycles. The van der Waals surface area contributed by atoms with Crippen molar-refractivity contribution in [2.24, 2.45) is 94.2 Å². The first-order chi connectivity index (χ1) is 10.4. The van der Waals surface area contributed by atoms with Crippen molar-refractivity contribution >= 4 is 0 Å². The van der Waals surface area contributed by atoms with Crippen molar-refractivity contribution in [3.63, 3.8) is 0 Å². The van der Waals surface area contributed by atoms with Crippen LogP contribution in [0.5, 0.6) is 0 Å². The van der Waals surface area contributed by atoms with Gasteiger partial charge in [0.25, 0.3) is 0 Å². The average Bonchev–Trinajstić information content (AvgIpc) is 3.05. The second-order valence-corrected chi connectivity index (χ2v) is 11.3. The first-order valence-corrected chi connectivity index (χ1v) is 10.2. The predicted molar refractivity (Wildman–Crippen MR) is 75.8 cm³/mol. The molecule has 108 valence electrons. The predicted octanol–water partition coefficient (Wildman–Crippen LogP) is 2.09. The quantitative estimate of drug-likeness (QED) is 0.833. The van der Waals surface area contributed by atoms with Crippen LogP contribution in [0, 0.1) is 94.2 Å². The van der Waals surface area contributed by atoms with Crippen molar-refractivity contribution in [1.82, 2.24) is 5.32 Å². The Morgan fingerprint density at radius 2 is 1.29 bits per heavy atom. The van der Waals surface area contributed by atoms with Crippen molar-refractivity contribution < 1.29 is 0 Å². The Morgan fingerprint density at radius 3 is 2.05 bits per heavy atom. The van der Waals surface area contributed by atoms with Crippen LogP contribution in [0.1, 0.15) is 12.8 Å². The summed E-state index contributed by atoms with van der Waals surface area (Å²) >= 11 is 0. The van der Waals surface area contributed by atoms with Crippen LogP contribution in [-0.4, -0.2) is 12.6 Å². The molecule has 0 unspecified atom stereocenters. The monoisotopic (exact) mass is 277 g/mol. The van der Waals surface area contributed by atoms with Gasteiger partial charge >= 0.3 is 0 Å². The van der Waals surface area contributed by atoms with E-state index in [9.17, 15) is 0 Å². The number of hydrogen-bond acceptors (Lipinski definition) is 1. The molecule has 2 bridgehead atoms. The molecule has 0 amide bonds. The summed E-state index contributed by atoms with van der Waals surface area (Å²) in [4.78, 5) is 0. The van der Waals surface area contributed by atoms with E-state index in [1.54, 1.807) is 12.8 Å². The maximum Gasteiger partial charge on any atom is 0.0135 e. The second-order valence-electron chi connectivity index (χ2n) is 11.3. The maximum atomic E-state index is 4.30. The molecule has 1 nitrogen and oxygen atoms in total. The zero-order valence-corrected chi connectivity index (χ0v) is 12.4. The number of fused-ring (bicyclic) bond motifs is 2. The molecule has 21 heavy (non-hydrogen) atoms. The van der Waals surface area contributed by atoms with E-state index >= 15 is 0 Å². The van der Waals surface area contributed by atoms with Gasteiger partial charge in [-0.1, -0.05) is 0 Å². The lowest BCUT2D eigenvalue weighted by atomic mass is 8.96. The highest BCUT2D eigenvalue weighted by Crippen LogP contribution is 3.05. The van der Waals surface area contributed by atoms with E-state index in [2.05, 4.69) is 5.32 Å². The molecule has 0 spiro atoms. The molecule has 9 atom stereocenters. The molecule has 11 saturated carbocycles. The zero-order valence-electron chi connectivity index (χ0n) is 12.4. The first-order valence-electron chi connectivity index (χ1n) is 10.2. The van der Waals surface area contributed by atoms with E-state index in [4.69, 9.17) is 0 Å². The normalized spacial score (nSPS) is 94.9. The van der Waals surface area contributed by atoms with Crippen molar-refractivity contribution in [2.45, 2.75) is 18.9 Å². The molecule has 0 aliphatic heterocycles. The Labute approximate surface area is 125 Å². The van der Waals surface area contributed by atoms with Gasteiger partial charge in [0.2, 0.25) is 0 Å². The molecular weight excluding hydrogens is 254 g/mol. The van der Waals surface area contributed by atoms with Crippen LogP contribution < -0.4 is 5.32 Å². The highest BCUT2D eigenvalue weighted by Gasteiger charge is 3.03. The van der Waals surface area contributed by atoms with Gasteiger partial charge in [0, 0.05) is 12.6 Å². The van der Waals surface area contributed by atoms with Crippen LogP contribution in [0.2, 0.25) is 0 Å². The fourth-order valence-corrected chi connectivity index (χ4v) is 13.1. The molecule has 11 aliphatic carbocycles. The third-order valence-corrected chi connectivity index (χ3v) is 12.7. The van der Waals surface area contributed by atoms with Gasteiger partial charge in [-0.2, -0.15) is 0 Å². The summed E-state index contributed by atoms with van der Waals surface area (Å²) in [5, 5.41) is 4.30. The molecule has 11 rings (SSSR count). The van der Waals surface area contributed by atoms with Gasteiger partial charge in [0.05, 0.1) is 0 Å². The van der Waals surface area contributed by atoms with Gasteiger partial charge in [-0.15, -0.1) is 0 Å². The Balaban J connectivity index is 1.02. The summed E-state index contributed by atoms with van der Waals surface area (Å²) < 4.78 is 0. The van der Waals surface area contributed by atoms with E-state index in [1.807, 2.05) is 0 Å². The van der Waals surface area contributed by atoms with Crippen LogP contribution >= 0.6 is 0 Å². The third kappa shape index (κ3) is 0.514. The van der Waals surface area contributed by atoms with Gasteiger partial charge in [0.15, 0.2) is 0 Å². The van der Waals surface area contributed by atoms with Crippen molar-refractivity contribution in [3.05, 3.63) is 0 Å². The van der Waals surface area contributed by atoms with Crippen molar-refractivity contribution in [2.75, 3.05) is 6.54 Å². The highest BCUT2D eigenvalue weighted by molar-refractivity contribution is 5.50. The van der Waals surface area contributed by atoms with Gasteiger partial charge in [-0.25, -0.2) is 0 Å². The summed E-state index contributed by atoms with van der Waals surface area (Å²) in [5.74, 6) is 18.5. The largest absolute Gasteiger partial charge is 0.313 e. The summed E-state index contributed by atoms with van der Waals surface area (Å²) in [6.45, 7) is 1.48. The van der Waals surface area contributed by atoms with Crippen LogP contribution in [0.25, 0.3) is 0 Å². The molecule has 11 aliphatic rings. The minimum atomic E-state index is 0.918. The van der Waals surface area contributed by atoms with Crippen LogP contribution in [-0.2, 0) is 0 Å². The van der Waals surface area contributed by atoms with E-state index in [-0.39, 0.29) is 0 Å². The van der Waals surface area contributed by atoms with E-state index in [0.717, 1.165) is 17.4 Å². The fraction of sp³-hybridized carbons (Fsp3) is 1.00. The molecule has 1 heteroatoms. The fourth-order valence-electron chi connectivity index (χ4n) is 13.1. The van der Waals surface area contributed by atoms with Crippen molar-refractivity contribution in [3.8, 4) is 0 Å². The minimum Gasteiger partial charge on any atom is -0.313 e. The Hall–Kier alpha value is -0.0400. The van der Waals surface area contributed by atoms with Crippen LogP contribution in [0.3, 0.4) is 0 Å². The average molecular weight is 277 g/mol. The smallest absolute Gasteiger partial charge is 0.0135 e. The topological polar surface area (TPSA) is 12.0 Å². The van der Waals surface area contributed by atoms with E-state index in [0.29, 0.717) is 0 Å². The Kier molecular flexibility index (Phi) is 0.946. The number of hydrogen-bond donors (Lipinski definition) is 1. The Bertz CT molecular complexity index is 625. The van der Waals surface area contributed by atoms with Gasteiger partial charge in [0.1, 0.15) is 0 Å². The third-order valence-electron chi connectivity index (χ3n) is 12.7. The van der Waals surface area contributed by atoms with Crippen molar-refractivity contribution in [1.29, 1.82) is 0 Å². The Morgan fingerprint density at radius 1 is 0.619 bits per heavy atom. The molecule has 1 N–H and O–H groups in total. The lowest BCUT2D eigenvalue weighted by Gasteiger charge is -3.08. The molecule has 0 radical (unpaired) electrons. The summed E-state index contributed by atoms with van der Waals surface area (Å²) in [6, 6.07) is 1.01. The van der Waals surface area contributed by atoms with Crippen LogP contribution in [0.15, 0.2) is 0 Å². The lowest BCUT2D eigenvalue weighted by Crippen LogP contribution is -3.06. The molecule has 0 heterocycles. The standard InChI is InChI=1S/C20H23N/c1-4-5-2-6-8(4)10-7(1)9(5)19(11(6)10)21-3-20-16-13-12-14(16)18(20)15(12)17(13)20/h4-19,21H,1-3H2/t4-,5-,6+,7+,8+,9-,10-,11-,12?,13?,14?,15?,16?,17?,18?,19-,20?/m0/s1. The zero-order chi connectivity index (χ0) is 12.6. The summed E-state index contributed by atoms with van der Waals surface area (Å²) in [7, 11) is 0. The second kappa shape index (κ2) is 2.14. The van der Waals surface area contributed by atoms with Gasteiger partial charge in [-0.05, 0) is 107 Å². The molecule has 0 aromatic rings. The van der Waals surface area contributed by atoms with E-state index in [1.165, 1.54) is 89.4 Å². The summed E-state index contributed by atoms with van der Waals surface area (Å²) in [5.41, 5.74) is 0.918. The minimum absolute atomic E-state index is 0.918. The van der Waals surface area contributed by atoms with Crippen LogP contribution in [0.4, 0.5) is 0 Å². The maximum absolute atomic E-state index is 4.30. The lowest BCUT2D eigenvalue weighted by molar-refractivity contribution is -0.612. The number of rotatable bonds is 3. The number of nitrogens with one attached hydrogen (secondary N) is 1. The molecule has 0 aromatic heterocycles. The van der Waals surface area contributed by atoms with Gasteiger partial charge < -0.3 is 5.32 Å². The highest BCUT2D eigenvalue weighted by atomic mass is 15.1. The molecule has 11 fully saturated rings. The van der Waals surface area contributed by atoms with E-state index < -0.39 is 0 Å². The summed E-state index contributed by atoms with van der Waals surface area (Å²) in [6.07, 6.45) is 3.34. The first kappa shape index (κ1) is 9.30. The molecule has 0 saturated heterocycles. The SMILES string of the molecule is C1[C@@H]2[C@H]3[C@H]4C[C@@H]5[C@H]([C@@H]14)[C@H](NCC14C6C7C8C6C1C8C74)[C@@H]2[C@@H]53. The molecular formula is C20H23N.